The summed E-state index contributed by atoms with van der Waals surface area (Å²) in [6, 6.07) is 18.3. The minimum Gasteiger partial charge on any atom is -0.267 e. The molecular weight excluding hydrogens is 430 g/mol. The maximum atomic E-state index is 13.2. The zero-order valence-corrected chi connectivity index (χ0v) is 19.5. The highest BCUT2D eigenvalue weighted by Crippen LogP contribution is 2.30. The molecule has 0 saturated carbocycles. The predicted molar refractivity (Wildman–Crippen MR) is 134 cm³/mol. The van der Waals surface area contributed by atoms with E-state index < -0.39 is 0 Å². The Morgan fingerprint density at radius 3 is 2.55 bits per heavy atom. The van der Waals surface area contributed by atoms with Gasteiger partial charge in [-0.3, -0.25) is 9.48 Å². The first kappa shape index (κ1) is 21.0. The minimum absolute atomic E-state index is 0.182. The molecule has 0 atom stereocenters. The standard InChI is InChI=1S/C26H23N5OS/c1-17-9-11-20(12-10-17)14-30-19(3)22(18(2)29-30)13-28-31-16-27-25-24(26(31)32)23(15-33-25)21-7-5-4-6-8-21/h4-13,15-16H,14H2,1-3H3/b28-13+. The van der Waals surface area contributed by atoms with E-state index in [2.05, 4.69) is 46.4 Å². The normalized spacial score (nSPS) is 11.6. The zero-order valence-electron chi connectivity index (χ0n) is 18.7. The van der Waals surface area contributed by atoms with E-state index in [0.29, 0.717) is 16.8 Å². The summed E-state index contributed by atoms with van der Waals surface area (Å²) in [5.74, 6) is 0. The first-order valence-corrected chi connectivity index (χ1v) is 11.6. The Kier molecular flexibility index (Phi) is 5.48. The SMILES string of the molecule is Cc1ccc(Cn2nc(C)c(/C=N/n3cnc4scc(-c5ccccc5)c4c3=O)c2C)cc1. The molecule has 0 aliphatic rings. The van der Waals surface area contributed by atoms with Crippen LogP contribution in [0.15, 0.2) is 76.2 Å². The van der Waals surface area contributed by atoms with Gasteiger partial charge < -0.3 is 0 Å². The van der Waals surface area contributed by atoms with E-state index >= 15 is 0 Å². The lowest BCUT2D eigenvalue weighted by molar-refractivity contribution is 0.659. The fourth-order valence-corrected chi connectivity index (χ4v) is 4.78. The minimum atomic E-state index is -0.182. The molecule has 0 unspecified atom stereocenters. The maximum Gasteiger partial charge on any atom is 0.283 e. The van der Waals surface area contributed by atoms with Crippen LogP contribution in [0.4, 0.5) is 0 Å². The zero-order chi connectivity index (χ0) is 22.9. The van der Waals surface area contributed by atoms with Crippen LogP contribution in [0.25, 0.3) is 21.3 Å². The van der Waals surface area contributed by atoms with Crippen molar-refractivity contribution in [1.29, 1.82) is 0 Å². The van der Waals surface area contributed by atoms with Crippen LogP contribution in [0.3, 0.4) is 0 Å². The quantitative estimate of drug-likeness (QED) is 0.345. The average molecular weight is 454 g/mol. The Morgan fingerprint density at radius 1 is 1.03 bits per heavy atom. The number of aromatic nitrogens is 4. The number of rotatable bonds is 5. The Bertz CT molecular complexity index is 1530. The van der Waals surface area contributed by atoms with Crippen molar-refractivity contribution in [3.63, 3.8) is 0 Å². The van der Waals surface area contributed by atoms with Crippen molar-refractivity contribution in [2.75, 3.05) is 0 Å². The summed E-state index contributed by atoms with van der Waals surface area (Å²) in [7, 11) is 0. The number of hydrogen-bond acceptors (Lipinski definition) is 5. The smallest absolute Gasteiger partial charge is 0.267 e. The summed E-state index contributed by atoms with van der Waals surface area (Å²) in [5, 5.41) is 11.7. The molecule has 0 radical (unpaired) electrons. The van der Waals surface area contributed by atoms with E-state index in [1.165, 1.54) is 33.5 Å². The van der Waals surface area contributed by atoms with Gasteiger partial charge in [-0.25, -0.2) is 4.98 Å². The number of aryl methyl sites for hydroxylation is 2. The van der Waals surface area contributed by atoms with Crippen LogP contribution in [-0.2, 0) is 6.54 Å². The van der Waals surface area contributed by atoms with E-state index in [-0.39, 0.29) is 5.56 Å². The van der Waals surface area contributed by atoms with Crippen LogP contribution >= 0.6 is 11.3 Å². The molecule has 0 bridgehead atoms. The molecule has 2 aromatic carbocycles. The molecule has 0 amide bonds. The molecule has 3 aromatic heterocycles. The second-order valence-corrected chi connectivity index (χ2v) is 8.92. The van der Waals surface area contributed by atoms with Crippen LogP contribution in [-0.4, -0.2) is 25.7 Å². The van der Waals surface area contributed by atoms with E-state index in [9.17, 15) is 4.79 Å². The summed E-state index contributed by atoms with van der Waals surface area (Å²) in [6.45, 7) is 6.74. The van der Waals surface area contributed by atoms with Crippen molar-refractivity contribution in [2.24, 2.45) is 5.10 Å². The van der Waals surface area contributed by atoms with Gasteiger partial charge in [-0.1, -0.05) is 60.2 Å². The Labute approximate surface area is 195 Å². The lowest BCUT2D eigenvalue weighted by Gasteiger charge is -2.05. The van der Waals surface area contributed by atoms with Gasteiger partial charge in [-0.05, 0) is 31.9 Å². The van der Waals surface area contributed by atoms with Gasteiger partial charge in [0, 0.05) is 22.2 Å². The lowest BCUT2D eigenvalue weighted by atomic mass is 10.1. The summed E-state index contributed by atoms with van der Waals surface area (Å²) in [5.41, 5.74) is 6.89. The third-order valence-electron chi connectivity index (χ3n) is 5.76. The molecular formula is C26H23N5OS. The lowest BCUT2D eigenvalue weighted by Crippen LogP contribution is -2.17. The summed E-state index contributed by atoms with van der Waals surface area (Å²) in [6.07, 6.45) is 3.18. The van der Waals surface area contributed by atoms with Crippen LogP contribution in [0.2, 0.25) is 0 Å². The van der Waals surface area contributed by atoms with Gasteiger partial charge in [0.1, 0.15) is 11.2 Å². The molecule has 3 heterocycles. The van der Waals surface area contributed by atoms with Gasteiger partial charge in [0.25, 0.3) is 5.56 Å². The largest absolute Gasteiger partial charge is 0.283 e. The molecule has 0 aliphatic carbocycles. The summed E-state index contributed by atoms with van der Waals surface area (Å²) < 4.78 is 3.27. The van der Waals surface area contributed by atoms with Crippen molar-refractivity contribution in [1.82, 2.24) is 19.4 Å². The maximum absolute atomic E-state index is 13.2. The van der Waals surface area contributed by atoms with Crippen molar-refractivity contribution in [3.05, 3.63) is 105 Å². The van der Waals surface area contributed by atoms with Crippen LogP contribution in [0.1, 0.15) is 28.1 Å². The highest BCUT2D eigenvalue weighted by atomic mass is 32.1. The van der Waals surface area contributed by atoms with Crippen molar-refractivity contribution in [3.8, 4) is 11.1 Å². The van der Waals surface area contributed by atoms with Gasteiger partial charge in [0.05, 0.1) is 23.8 Å². The van der Waals surface area contributed by atoms with Crippen molar-refractivity contribution in [2.45, 2.75) is 27.3 Å². The fraction of sp³-hybridized carbons (Fsp3) is 0.154. The third-order valence-corrected chi connectivity index (χ3v) is 6.65. The molecule has 0 aliphatic heterocycles. The predicted octanol–water partition coefficient (Wildman–Crippen LogP) is 5.18. The van der Waals surface area contributed by atoms with Gasteiger partial charge in [0.15, 0.2) is 0 Å². The number of thiophene rings is 1. The molecule has 164 valence electrons. The highest BCUT2D eigenvalue weighted by molar-refractivity contribution is 7.17. The first-order valence-electron chi connectivity index (χ1n) is 10.7. The molecule has 6 nitrogen and oxygen atoms in total. The van der Waals surface area contributed by atoms with Crippen LogP contribution < -0.4 is 5.56 Å². The monoisotopic (exact) mass is 453 g/mol. The van der Waals surface area contributed by atoms with Crippen LogP contribution in [0.5, 0.6) is 0 Å². The Morgan fingerprint density at radius 2 is 1.79 bits per heavy atom. The molecule has 0 saturated heterocycles. The van der Waals surface area contributed by atoms with Gasteiger partial charge >= 0.3 is 0 Å². The van der Waals surface area contributed by atoms with Crippen LogP contribution in [0, 0.1) is 20.8 Å². The summed E-state index contributed by atoms with van der Waals surface area (Å²) >= 11 is 1.47. The average Bonchev–Trinajstić information content (AvgIpc) is 3.37. The van der Waals surface area contributed by atoms with Crippen molar-refractivity contribution >= 4 is 27.8 Å². The molecule has 0 spiro atoms. The molecule has 7 heteroatoms. The highest BCUT2D eigenvalue weighted by Gasteiger charge is 2.14. The van der Waals surface area contributed by atoms with E-state index in [1.54, 1.807) is 6.21 Å². The fourth-order valence-electron chi connectivity index (χ4n) is 3.87. The first-order chi connectivity index (χ1) is 16.0. The number of nitrogens with zero attached hydrogens (tertiary/aromatic N) is 5. The topological polar surface area (TPSA) is 65.1 Å². The number of benzene rings is 2. The molecule has 0 fully saturated rings. The van der Waals surface area contributed by atoms with Crippen molar-refractivity contribution < 1.29 is 0 Å². The third kappa shape index (κ3) is 4.03. The molecule has 5 rings (SSSR count). The van der Waals surface area contributed by atoms with E-state index in [1.807, 2.05) is 54.2 Å². The number of hydrogen-bond donors (Lipinski definition) is 0. The van der Waals surface area contributed by atoms with E-state index in [4.69, 9.17) is 0 Å². The molecule has 0 N–H and O–H groups in total. The van der Waals surface area contributed by atoms with E-state index in [0.717, 1.165) is 28.1 Å². The molecule has 33 heavy (non-hydrogen) atoms. The van der Waals surface area contributed by atoms with Gasteiger partial charge in [-0.15, -0.1) is 11.3 Å². The number of fused-ring (bicyclic) bond motifs is 1. The second kappa shape index (κ2) is 8.60. The summed E-state index contributed by atoms with van der Waals surface area (Å²) in [4.78, 5) is 18.4. The second-order valence-electron chi connectivity index (χ2n) is 8.06. The Balaban J connectivity index is 1.49. The molecule has 5 aromatic rings. The van der Waals surface area contributed by atoms with Gasteiger partial charge in [0.2, 0.25) is 0 Å². The van der Waals surface area contributed by atoms with Gasteiger partial charge in [-0.2, -0.15) is 14.9 Å². The Hall–Kier alpha value is -3.84.